The third kappa shape index (κ3) is 3.50. The van der Waals surface area contributed by atoms with Crippen LogP contribution in [0.3, 0.4) is 0 Å². The molecule has 4 aromatic rings. The Morgan fingerprint density at radius 3 is 2.60 bits per heavy atom. The lowest BCUT2D eigenvalue weighted by Gasteiger charge is -2.16. The van der Waals surface area contributed by atoms with Gasteiger partial charge in [0.2, 0.25) is 5.78 Å². The molecule has 0 spiro atoms. The highest BCUT2D eigenvalue weighted by Gasteiger charge is 2.19. The number of anilines is 1. The number of fused-ring (bicyclic) bond motifs is 1. The van der Waals surface area contributed by atoms with E-state index in [0.717, 1.165) is 37.1 Å². The molecule has 0 bridgehead atoms. The van der Waals surface area contributed by atoms with Crippen LogP contribution in [0.2, 0.25) is 0 Å². The Balaban J connectivity index is 1.46. The number of nitrogens with one attached hydrogen (secondary N) is 1. The molecule has 1 N–H and O–H groups in total. The van der Waals surface area contributed by atoms with Crippen LogP contribution in [0.1, 0.15) is 12.8 Å². The second kappa shape index (κ2) is 7.59. The van der Waals surface area contributed by atoms with Crippen molar-refractivity contribution in [1.29, 1.82) is 0 Å². The van der Waals surface area contributed by atoms with E-state index in [2.05, 4.69) is 15.3 Å². The summed E-state index contributed by atoms with van der Waals surface area (Å²) in [6.45, 7) is 1.50. The maximum absolute atomic E-state index is 14.6. The van der Waals surface area contributed by atoms with Gasteiger partial charge in [0.25, 0.3) is 0 Å². The van der Waals surface area contributed by atoms with Crippen LogP contribution in [0, 0.1) is 5.82 Å². The summed E-state index contributed by atoms with van der Waals surface area (Å²) in [7, 11) is 0. The summed E-state index contributed by atoms with van der Waals surface area (Å²) in [6, 6.07) is 14.3. The SMILES string of the molecule is O=C(Nc1ccc(F)c(-c2cn3cc(-c4ccccc4)cnc3n2)c1)N1CCCC1. The van der Waals surface area contributed by atoms with Gasteiger partial charge in [-0.3, -0.25) is 4.40 Å². The molecule has 0 radical (unpaired) electrons. The summed E-state index contributed by atoms with van der Waals surface area (Å²) in [5.74, 6) is 0.0800. The van der Waals surface area contributed by atoms with Crippen molar-refractivity contribution in [2.75, 3.05) is 18.4 Å². The molecule has 150 valence electrons. The van der Waals surface area contributed by atoms with E-state index >= 15 is 0 Å². The van der Waals surface area contributed by atoms with Crippen molar-refractivity contribution in [2.45, 2.75) is 12.8 Å². The number of hydrogen-bond donors (Lipinski definition) is 1. The van der Waals surface area contributed by atoms with Crippen molar-refractivity contribution < 1.29 is 9.18 Å². The number of likely N-dealkylation sites (tertiary alicyclic amines) is 1. The Morgan fingerprint density at radius 2 is 1.80 bits per heavy atom. The van der Waals surface area contributed by atoms with Crippen LogP contribution in [0.5, 0.6) is 0 Å². The zero-order valence-corrected chi connectivity index (χ0v) is 16.3. The van der Waals surface area contributed by atoms with E-state index in [1.807, 2.05) is 36.5 Å². The van der Waals surface area contributed by atoms with Crippen LogP contribution >= 0.6 is 0 Å². The second-order valence-corrected chi connectivity index (χ2v) is 7.36. The highest BCUT2D eigenvalue weighted by molar-refractivity contribution is 5.90. The molecular weight excluding hydrogens is 381 g/mol. The van der Waals surface area contributed by atoms with Gasteiger partial charge in [-0.25, -0.2) is 19.2 Å². The van der Waals surface area contributed by atoms with Crippen molar-refractivity contribution in [3.8, 4) is 22.4 Å². The van der Waals surface area contributed by atoms with E-state index in [0.29, 0.717) is 22.7 Å². The molecule has 1 saturated heterocycles. The zero-order valence-electron chi connectivity index (χ0n) is 16.3. The van der Waals surface area contributed by atoms with Crippen molar-refractivity contribution in [2.24, 2.45) is 0 Å². The minimum atomic E-state index is -0.402. The first-order valence-corrected chi connectivity index (χ1v) is 9.93. The molecule has 0 saturated carbocycles. The zero-order chi connectivity index (χ0) is 20.5. The Kier molecular flexibility index (Phi) is 4.63. The molecule has 1 aliphatic rings. The lowest BCUT2D eigenvalue weighted by Crippen LogP contribution is -2.32. The van der Waals surface area contributed by atoms with Gasteiger partial charge < -0.3 is 10.2 Å². The largest absolute Gasteiger partial charge is 0.325 e. The fraction of sp³-hybridized carbons (Fsp3) is 0.174. The average Bonchev–Trinajstić information content (AvgIpc) is 3.45. The molecule has 1 fully saturated rings. The molecule has 7 heteroatoms. The van der Waals surface area contributed by atoms with Gasteiger partial charge in [0.15, 0.2) is 0 Å². The molecule has 0 aliphatic carbocycles. The van der Waals surface area contributed by atoms with Crippen LogP contribution < -0.4 is 5.32 Å². The summed E-state index contributed by atoms with van der Waals surface area (Å²) in [5.41, 5.74) is 3.31. The number of imidazole rings is 1. The summed E-state index contributed by atoms with van der Waals surface area (Å²) >= 11 is 0. The average molecular weight is 401 g/mol. The summed E-state index contributed by atoms with van der Waals surface area (Å²) in [6.07, 6.45) is 7.46. The van der Waals surface area contributed by atoms with Crippen molar-refractivity contribution in [3.63, 3.8) is 0 Å². The maximum Gasteiger partial charge on any atom is 0.321 e. The maximum atomic E-state index is 14.6. The van der Waals surface area contributed by atoms with Gasteiger partial charge in [-0.1, -0.05) is 30.3 Å². The number of aromatic nitrogens is 3. The molecule has 2 aromatic heterocycles. The second-order valence-electron chi connectivity index (χ2n) is 7.36. The summed E-state index contributed by atoms with van der Waals surface area (Å²) in [4.78, 5) is 23.0. The van der Waals surface area contributed by atoms with E-state index < -0.39 is 5.82 Å². The van der Waals surface area contributed by atoms with Crippen LogP contribution in [0.4, 0.5) is 14.9 Å². The molecule has 1 aliphatic heterocycles. The number of halogens is 1. The standard InChI is InChI=1S/C23H20FN5O/c24-20-9-8-18(26-23(30)28-10-4-5-11-28)12-19(20)21-15-29-14-17(13-25-22(29)27-21)16-6-2-1-3-7-16/h1-3,6-9,12-15H,4-5,10-11H2,(H,26,30). The summed E-state index contributed by atoms with van der Waals surface area (Å²) < 4.78 is 16.4. The molecule has 0 atom stereocenters. The van der Waals surface area contributed by atoms with E-state index in [1.165, 1.54) is 6.07 Å². The molecule has 2 aromatic carbocycles. The number of urea groups is 1. The molecular formula is C23H20FN5O. The number of nitrogens with zero attached hydrogens (tertiary/aromatic N) is 4. The Bertz CT molecular complexity index is 1210. The minimum absolute atomic E-state index is 0.158. The lowest BCUT2D eigenvalue weighted by atomic mass is 10.1. The predicted molar refractivity (Wildman–Crippen MR) is 114 cm³/mol. The van der Waals surface area contributed by atoms with Gasteiger partial charge in [-0.15, -0.1) is 0 Å². The van der Waals surface area contributed by atoms with Gasteiger partial charge in [0.1, 0.15) is 5.82 Å². The molecule has 3 heterocycles. The van der Waals surface area contributed by atoms with E-state index in [1.54, 1.807) is 33.8 Å². The first-order chi connectivity index (χ1) is 14.7. The quantitative estimate of drug-likeness (QED) is 0.535. The number of benzene rings is 2. The molecule has 6 nitrogen and oxygen atoms in total. The molecule has 2 amide bonds. The molecule has 30 heavy (non-hydrogen) atoms. The lowest BCUT2D eigenvalue weighted by molar-refractivity contribution is 0.222. The first-order valence-electron chi connectivity index (χ1n) is 9.93. The number of amides is 2. The van der Waals surface area contributed by atoms with Crippen LogP contribution in [0.25, 0.3) is 28.2 Å². The topological polar surface area (TPSA) is 62.5 Å². The highest BCUT2D eigenvalue weighted by Crippen LogP contribution is 2.27. The third-order valence-electron chi connectivity index (χ3n) is 5.30. The Morgan fingerprint density at radius 1 is 1.00 bits per heavy atom. The fourth-order valence-corrected chi connectivity index (χ4v) is 3.72. The third-order valence-corrected chi connectivity index (χ3v) is 5.30. The van der Waals surface area contributed by atoms with Gasteiger partial charge >= 0.3 is 6.03 Å². The number of rotatable bonds is 3. The van der Waals surface area contributed by atoms with Gasteiger partial charge in [0.05, 0.1) is 5.69 Å². The minimum Gasteiger partial charge on any atom is -0.325 e. The highest BCUT2D eigenvalue weighted by atomic mass is 19.1. The first kappa shape index (κ1) is 18.3. The predicted octanol–water partition coefficient (Wildman–Crippen LogP) is 4.83. The normalized spacial score (nSPS) is 13.7. The van der Waals surface area contributed by atoms with E-state index in [9.17, 15) is 9.18 Å². The fourth-order valence-electron chi connectivity index (χ4n) is 3.72. The van der Waals surface area contributed by atoms with E-state index in [4.69, 9.17) is 0 Å². The van der Waals surface area contributed by atoms with Crippen molar-refractivity contribution in [1.82, 2.24) is 19.3 Å². The van der Waals surface area contributed by atoms with Crippen LogP contribution in [0.15, 0.2) is 67.1 Å². The Hall–Kier alpha value is -3.74. The van der Waals surface area contributed by atoms with Gasteiger partial charge in [0, 0.05) is 48.5 Å². The monoisotopic (exact) mass is 401 g/mol. The van der Waals surface area contributed by atoms with Gasteiger partial charge in [-0.2, -0.15) is 0 Å². The van der Waals surface area contributed by atoms with Crippen LogP contribution in [-0.4, -0.2) is 38.4 Å². The van der Waals surface area contributed by atoms with Gasteiger partial charge in [-0.05, 0) is 36.6 Å². The van der Waals surface area contributed by atoms with Crippen molar-refractivity contribution >= 4 is 17.5 Å². The van der Waals surface area contributed by atoms with Crippen molar-refractivity contribution in [3.05, 3.63) is 72.9 Å². The molecule has 5 rings (SSSR count). The van der Waals surface area contributed by atoms with Crippen LogP contribution in [-0.2, 0) is 0 Å². The summed E-state index contributed by atoms with van der Waals surface area (Å²) in [5, 5.41) is 2.86. The smallest absolute Gasteiger partial charge is 0.321 e. The number of carbonyl (C=O) groups is 1. The molecule has 0 unspecified atom stereocenters. The number of hydrogen-bond acceptors (Lipinski definition) is 3. The Labute approximate surface area is 173 Å². The number of carbonyl (C=O) groups excluding carboxylic acids is 1. The van der Waals surface area contributed by atoms with E-state index in [-0.39, 0.29) is 6.03 Å².